The van der Waals surface area contributed by atoms with Crippen LogP contribution in [0.25, 0.3) is 0 Å². The van der Waals surface area contributed by atoms with Gasteiger partial charge in [0.1, 0.15) is 11.6 Å². The van der Waals surface area contributed by atoms with Crippen molar-refractivity contribution in [2.45, 2.75) is 76.9 Å². The summed E-state index contributed by atoms with van der Waals surface area (Å²) in [5.74, 6) is -10.0. The Labute approximate surface area is 168 Å². The van der Waals surface area contributed by atoms with Crippen molar-refractivity contribution in [3.8, 4) is 5.75 Å². The van der Waals surface area contributed by atoms with Crippen LogP contribution in [-0.4, -0.2) is 29.6 Å². The number of ether oxygens (including phenoxy) is 2. The molecule has 1 aliphatic rings. The van der Waals surface area contributed by atoms with E-state index in [1.807, 2.05) is 6.92 Å². The van der Waals surface area contributed by atoms with E-state index in [0.717, 1.165) is 50.3 Å². The summed E-state index contributed by atoms with van der Waals surface area (Å²) >= 11 is 0. The average Bonchev–Trinajstić information content (AvgIpc) is 2.67. The van der Waals surface area contributed by atoms with Gasteiger partial charge in [0, 0.05) is 0 Å². The van der Waals surface area contributed by atoms with Crippen LogP contribution in [0, 0.1) is 11.7 Å². The number of halogens is 3. The molecule has 1 aromatic rings. The van der Waals surface area contributed by atoms with E-state index in [2.05, 4.69) is 0 Å². The molecule has 0 N–H and O–H groups in total. The van der Waals surface area contributed by atoms with Crippen LogP contribution in [0.2, 0.25) is 0 Å². The summed E-state index contributed by atoms with van der Waals surface area (Å²) in [4.78, 5) is 23.1. The molecule has 2 rings (SSSR count). The smallest absolute Gasteiger partial charge is 0.338 e. The summed E-state index contributed by atoms with van der Waals surface area (Å²) in [6.45, 7) is 4.53. The summed E-state index contributed by atoms with van der Waals surface area (Å²) in [5, 5.41) is 10.8. The predicted octanol–water partition coefficient (Wildman–Crippen LogP) is 3.88. The fraction of sp³-hybridized carbons (Fsp3) is 0.619. The number of esters is 1. The van der Waals surface area contributed by atoms with E-state index >= 15 is 0 Å². The highest BCUT2D eigenvalue weighted by atomic mass is 19.3. The third kappa shape index (κ3) is 5.22. The minimum absolute atomic E-state index is 0.157. The Bertz CT molecular complexity index is 742. The van der Waals surface area contributed by atoms with Crippen molar-refractivity contribution in [1.82, 2.24) is 0 Å². The maximum atomic E-state index is 14.3. The molecule has 162 valence electrons. The van der Waals surface area contributed by atoms with E-state index in [9.17, 15) is 27.9 Å². The molecule has 0 aromatic heterocycles. The van der Waals surface area contributed by atoms with Crippen LogP contribution in [0.4, 0.5) is 13.2 Å². The Morgan fingerprint density at radius 3 is 2.34 bits per heavy atom. The zero-order valence-electron chi connectivity index (χ0n) is 16.8. The second kappa shape index (κ2) is 9.05. The lowest BCUT2D eigenvalue weighted by molar-refractivity contribution is -0.337. The van der Waals surface area contributed by atoms with Gasteiger partial charge in [-0.3, -0.25) is 0 Å². The minimum atomic E-state index is -4.36. The van der Waals surface area contributed by atoms with Gasteiger partial charge in [-0.2, -0.15) is 8.78 Å². The van der Waals surface area contributed by atoms with Crippen molar-refractivity contribution < 1.29 is 37.3 Å². The maximum absolute atomic E-state index is 14.3. The highest BCUT2D eigenvalue weighted by Crippen LogP contribution is 2.37. The van der Waals surface area contributed by atoms with Gasteiger partial charge in [-0.05, 0) is 56.2 Å². The quantitative estimate of drug-likeness (QED) is 0.603. The summed E-state index contributed by atoms with van der Waals surface area (Å²) in [5.41, 5.74) is -0.743. The molecule has 1 saturated carbocycles. The molecule has 0 amide bonds. The molecule has 0 heterocycles. The molecular weight excluding hydrogens is 389 g/mol. The number of carbonyl (C=O) groups is 2. The maximum Gasteiger partial charge on any atom is 0.338 e. The number of alkyl halides is 2. The number of aliphatic carboxylic acids is 1. The van der Waals surface area contributed by atoms with E-state index in [4.69, 9.17) is 9.47 Å². The molecule has 0 radical (unpaired) electrons. The first-order chi connectivity index (χ1) is 13.5. The fourth-order valence-electron chi connectivity index (χ4n) is 3.59. The Morgan fingerprint density at radius 2 is 1.83 bits per heavy atom. The Balaban J connectivity index is 2.25. The van der Waals surface area contributed by atoms with E-state index in [-0.39, 0.29) is 11.3 Å². The number of benzene rings is 1. The molecule has 5 nitrogen and oxygen atoms in total. The molecule has 1 aliphatic carbocycles. The van der Waals surface area contributed by atoms with Crippen molar-refractivity contribution in [3.63, 3.8) is 0 Å². The first-order valence-corrected chi connectivity index (χ1v) is 9.81. The fourth-order valence-corrected chi connectivity index (χ4v) is 3.59. The second-order valence-corrected chi connectivity index (χ2v) is 7.82. The number of rotatable bonds is 8. The summed E-state index contributed by atoms with van der Waals surface area (Å²) in [7, 11) is 0. The molecule has 0 bridgehead atoms. The third-order valence-electron chi connectivity index (χ3n) is 5.37. The van der Waals surface area contributed by atoms with Crippen LogP contribution in [0.15, 0.2) is 18.2 Å². The van der Waals surface area contributed by atoms with Crippen molar-refractivity contribution in [2.24, 2.45) is 5.92 Å². The van der Waals surface area contributed by atoms with Gasteiger partial charge >= 0.3 is 11.9 Å². The van der Waals surface area contributed by atoms with Crippen LogP contribution < -0.4 is 9.84 Å². The van der Waals surface area contributed by atoms with Gasteiger partial charge in [0.05, 0.1) is 5.56 Å². The molecule has 1 fully saturated rings. The van der Waals surface area contributed by atoms with Crippen molar-refractivity contribution in [1.29, 1.82) is 0 Å². The van der Waals surface area contributed by atoms with Crippen LogP contribution >= 0.6 is 0 Å². The van der Waals surface area contributed by atoms with E-state index in [1.165, 1.54) is 13.8 Å². The van der Waals surface area contributed by atoms with Gasteiger partial charge in [-0.25, -0.2) is 9.18 Å². The zero-order chi connectivity index (χ0) is 21.8. The standard InChI is InChI=1S/C21H27F3O5/c1-4-20(10-6-5-7-11-20)29-16-12-14(8-9-15(16)22)18(25)28-17(13(2)3)21(23,24)19(26)27/h8-9,12-13,17H,4-7,10-11H2,1-3H3,(H,26,27)/p-1. The number of carbonyl (C=O) groups excluding carboxylic acids is 2. The predicted molar refractivity (Wildman–Crippen MR) is 97.1 cm³/mol. The molecule has 0 saturated heterocycles. The SMILES string of the molecule is CCC1(Oc2cc(C(=O)OC(C(C)C)C(F)(F)C(=O)[O-])ccc2F)CCCCC1. The Hall–Kier alpha value is -2.25. The summed E-state index contributed by atoms with van der Waals surface area (Å²) in [6, 6.07) is 3.19. The lowest BCUT2D eigenvalue weighted by atomic mass is 9.82. The van der Waals surface area contributed by atoms with Crippen LogP contribution in [0.5, 0.6) is 5.75 Å². The number of carboxylic acid groups (broad SMARTS) is 1. The first-order valence-electron chi connectivity index (χ1n) is 9.81. The minimum Gasteiger partial charge on any atom is -0.544 e. The molecule has 0 spiro atoms. The van der Waals surface area contributed by atoms with E-state index in [1.54, 1.807) is 0 Å². The van der Waals surface area contributed by atoms with Gasteiger partial charge in [0.25, 0.3) is 0 Å². The molecular formula is C21H26F3O5-. The Morgan fingerprint density at radius 1 is 1.21 bits per heavy atom. The zero-order valence-corrected chi connectivity index (χ0v) is 16.8. The highest BCUT2D eigenvalue weighted by molar-refractivity contribution is 5.90. The monoisotopic (exact) mass is 415 g/mol. The highest BCUT2D eigenvalue weighted by Gasteiger charge is 2.46. The second-order valence-electron chi connectivity index (χ2n) is 7.82. The number of carboxylic acids is 1. The molecule has 1 atom stereocenters. The summed E-state index contributed by atoms with van der Waals surface area (Å²) in [6.07, 6.45) is 2.92. The van der Waals surface area contributed by atoms with Crippen LogP contribution in [0.3, 0.4) is 0 Å². The topological polar surface area (TPSA) is 75.7 Å². The molecule has 29 heavy (non-hydrogen) atoms. The normalized spacial score (nSPS) is 17.6. The van der Waals surface area contributed by atoms with Crippen molar-refractivity contribution in [2.75, 3.05) is 0 Å². The van der Waals surface area contributed by atoms with E-state index in [0.29, 0.717) is 6.42 Å². The lowest BCUT2D eigenvalue weighted by Crippen LogP contribution is -2.53. The number of hydrogen-bond acceptors (Lipinski definition) is 5. The van der Waals surface area contributed by atoms with Crippen LogP contribution in [0.1, 0.15) is 69.7 Å². The first kappa shape index (κ1) is 23.0. The van der Waals surface area contributed by atoms with Gasteiger partial charge in [0.2, 0.25) is 0 Å². The average molecular weight is 415 g/mol. The third-order valence-corrected chi connectivity index (χ3v) is 5.37. The molecule has 0 aliphatic heterocycles. The van der Waals surface area contributed by atoms with Crippen molar-refractivity contribution in [3.05, 3.63) is 29.6 Å². The number of hydrogen-bond donors (Lipinski definition) is 0. The van der Waals surface area contributed by atoms with E-state index < -0.39 is 41.3 Å². The van der Waals surface area contributed by atoms with Crippen molar-refractivity contribution >= 4 is 11.9 Å². The molecule has 1 aromatic carbocycles. The van der Waals surface area contributed by atoms with Gasteiger partial charge in [-0.1, -0.05) is 27.2 Å². The van der Waals surface area contributed by atoms with Crippen LogP contribution in [-0.2, 0) is 9.53 Å². The largest absolute Gasteiger partial charge is 0.544 e. The molecule has 8 heteroatoms. The lowest BCUT2D eigenvalue weighted by Gasteiger charge is -2.37. The van der Waals surface area contributed by atoms with Gasteiger partial charge in [-0.15, -0.1) is 0 Å². The molecule has 1 unspecified atom stereocenters. The van der Waals surface area contributed by atoms with Gasteiger partial charge in [0.15, 0.2) is 17.7 Å². The van der Waals surface area contributed by atoms with Gasteiger partial charge < -0.3 is 19.4 Å². The Kier molecular flexibility index (Phi) is 7.19. The summed E-state index contributed by atoms with van der Waals surface area (Å²) < 4.78 is 52.7.